The largest absolute Gasteiger partial charge is 0.433 e. The first kappa shape index (κ1) is 19.4. The van der Waals surface area contributed by atoms with Crippen LogP contribution < -0.4 is 5.32 Å². The summed E-state index contributed by atoms with van der Waals surface area (Å²) in [6, 6.07) is 6.36. The lowest BCUT2D eigenvalue weighted by molar-refractivity contribution is -0.145. The third-order valence-electron chi connectivity index (χ3n) is 4.88. The van der Waals surface area contributed by atoms with Gasteiger partial charge in [0.05, 0.1) is 5.56 Å². The van der Waals surface area contributed by atoms with Gasteiger partial charge in [-0.2, -0.15) is 0 Å². The van der Waals surface area contributed by atoms with Crippen LogP contribution in [0.4, 0.5) is 0 Å². The monoisotopic (exact) mass is 374 g/mol. The van der Waals surface area contributed by atoms with E-state index in [-0.39, 0.29) is 18.2 Å². The van der Waals surface area contributed by atoms with Crippen LogP contribution in [0.15, 0.2) is 24.3 Å². The molecule has 3 rings (SSSR count). The quantitative estimate of drug-likeness (QED) is 0.529. The van der Waals surface area contributed by atoms with Gasteiger partial charge < -0.3 is 14.8 Å². The zero-order chi connectivity index (χ0) is 19.2. The molecule has 2 aliphatic rings. The molecule has 2 unspecified atom stereocenters. The van der Waals surface area contributed by atoms with Crippen LogP contribution in [-0.4, -0.2) is 48.5 Å². The second kappa shape index (κ2) is 8.99. The van der Waals surface area contributed by atoms with Crippen LogP contribution in [0.3, 0.4) is 0 Å². The van der Waals surface area contributed by atoms with E-state index in [0.717, 1.165) is 25.9 Å². The first-order valence-corrected chi connectivity index (χ1v) is 9.60. The van der Waals surface area contributed by atoms with Gasteiger partial charge in [0.15, 0.2) is 0 Å². The standard InChI is InChI=1S/C20H26N2O5/c1-2-3-12-26-13-6-11-21-18(24)16-9-10-17(23)22(16)19-14-7-4-5-8-15(14)20(25)27-19/h4-5,7-8,16,19H,2-3,6,9-13H2,1H3,(H,21,24). The molecule has 1 aromatic rings. The Hall–Kier alpha value is -2.41. The van der Waals surface area contributed by atoms with Crippen molar-refractivity contribution in [2.24, 2.45) is 0 Å². The van der Waals surface area contributed by atoms with E-state index in [2.05, 4.69) is 12.2 Å². The van der Waals surface area contributed by atoms with Gasteiger partial charge in [0, 0.05) is 31.7 Å². The minimum Gasteiger partial charge on any atom is -0.433 e. The van der Waals surface area contributed by atoms with E-state index < -0.39 is 18.2 Å². The van der Waals surface area contributed by atoms with E-state index >= 15 is 0 Å². The van der Waals surface area contributed by atoms with Crippen LogP contribution >= 0.6 is 0 Å². The molecule has 146 valence electrons. The minimum absolute atomic E-state index is 0.174. The molecule has 1 aromatic carbocycles. The van der Waals surface area contributed by atoms with Crippen LogP contribution in [0, 0.1) is 0 Å². The SMILES string of the molecule is CCCCOCCCNC(=O)C1CCC(=O)N1C1OC(=O)c2ccccc21. The Bertz CT molecular complexity index is 705. The third-order valence-corrected chi connectivity index (χ3v) is 4.88. The summed E-state index contributed by atoms with van der Waals surface area (Å²) >= 11 is 0. The maximum Gasteiger partial charge on any atom is 0.340 e. The van der Waals surface area contributed by atoms with E-state index in [1.165, 1.54) is 4.90 Å². The van der Waals surface area contributed by atoms with Crippen LogP contribution in [0.25, 0.3) is 0 Å². The van der Waals surface area contributed by atoms with Crippen molar-refractivity contribution in [2.75, 3.05) is 19.8 Å². The molecule has 7 heteroatoms. The fourth-order valence-electron chi connectivity index (χ4n) is 3.44. The van der Waals surface area contributed by atoms with Crippen LogP contribution in [0.5, 0.6) is 0 Å². The predicted octanol–water partition coefficient (Wildman–Crippen LogP) is 2.17. The van der Waals surface area contributed by atoms with E-state index in [0.29, 0.717) is 30.7 Å². The molecule has 7 nitrogen and oxygen atoms in total. The molecular formula is C20H26N2O5. The summed E-state index contributed by atoms with van der Waals surface area (Å²) in [4.78, 5) is 38.5. The molecule has 2 amide bonds. The summed E-state index contributed by atoms with van der Waals surface area (Å²) in [6.07, 6.45) is 2.72. The number of cyclic esters (lactones) is 1. The van der Waals surface area contributed by atoms with Crippen molar-refractivity contribution in [3.63, 3.8) is 0 Å². The molecular weight excluding hydrogens is 348 g/mol. The number of esters is 1. The molecule has 0 bridgehead atoms. The Morgan fingerprint density at radius 3 is 2.85 bits per heavy atom. The Balaban J connectivity index is 1.57. The highest BCUT2D eigenvalue weighted by molar-refractivity contribution is 5.96. The Morgan fingerprint density at radius 1 is 1.26 bits per heavy atom. The number of unbranched alkanes of at least 4 members (excludes halogenated alkanes) is 1. The fraction of sp³-hybridized carbons (Fsp3) is 0.550. The molecule has 0 aromatic heterocycles. The average molecular weight is 374 g/mol. The maximum absolute atomic E-state index is 12.6. The number of rotatable bonds is 9. The number of carbonyl (C=O) groups is 3. The van der Waals surface area contributed by atoms with Crippen LogP contribution in [0.1, 0.15) is 61.2 Å². The highest BCUT2D eigenvalue weighted by Crippen LogP contribution is 2.38. The molecule has 2 atom stereocenters. The molecule has 0 radical (unpaired) electrons. The minimum atomic E-state index is -0.822. The molecule has 1 fully saturated rings. The molecule has 0 spiro atoms. The average Bonchev–Trinajstić information content (AvgIpc) is 3.21. The summed E-state index contributed by atoms with van der Waals surface area (Å²) < 4.78 is 10.9. The van der Waals surface area contributed by atoms with Gasteiger partial charge in [-0.05, 0) is 25.3 Å². The van der Waals surface area contributed by atoms with Crippen molar-refractivity contribution < 1.29 is 23.9 Å². The third kappa shape index (κ3) is 4.30. The fourth-order valence-corrected chi connectivity index (χ4v) is 3.44. The topological polar surface area (TPSA) is 84.9 Å². The van der Waals surface area contributed by atoms with Crippen molar-refractivity contribution in [3.8, 4) is 0 Å². The van der Waals surface area contributed by atoms with Crippen molar-refractivity contribution in [3.05, 3.63) is 35.4 Å². The number of ether oxygens (including phenoxy) is 2. The van der Waals surface area contributed by atoms with Crippen LogP contribution in [0.2, 0.25) is 0 Å². The Labute approximate surface area is 159 Å². The molecule has 0 aliphatic carbocycles. The van der Waals surface area contributed by atoms with Gasteiger partial charge in [-0.3, -0.25) is 14.5 Å². The van der Waals surface area contributed by atoms with Crippen molar-refractivity contribution >= 4 is 17.8 Å². The molecule has 27 heavy (non-hydrogen) atoms. The van der Waals surface area contributed by atoms with E-state index in [9.17, 15) is 14.4 Å². The highest BCUT2D eigenvalue weighted by atomic mass is 16.6. The number of hydrogen-bond acceptors (Lipinski definition) is 5. The summed E-state index contributed by atoms with van der Waals surface area (Å²) in [6.45, 7) is 3.94. The second-order valence-electron chi connectivity index (χ2n) is 6.81. The molecule has 0 saturated carbocycles. The van der Waals surface area contributed by atoms with Gasteiger partial charge in [-0.1, -0.05) is 31.5 Å². The summed E-state index contributed by atoms with van der Waals surface area (Å²) in [5, 5.41) is 2.87. The van der Waals surface area contributed by atoms with E-state index in [4.69, 9.17) is 9.47 Å². The summed E-state index contributed by atoms with van der Waals surface area (Å²) in [7, 11) is 0. The second-order valence-corrected chi connectivity index (χ2v) is 6.81. The van der Waals surface area contributed by atoms with Gasteiger partial charge in [-0.15, -0.1) is 0 Å². The predicted molar refractivity (Wildman–Crippen MR) is 97.8 cm³/mol. The number of fused-ring (bicyclic) bond motifs is 1. The van der Waals surface area contributed by atoms with Gasteiger partial charge in [-0.25, -0.2) is 4.79 Å². The molecule has 1 N–H and O–H groups in total. The first-order valence-electron chi connectivity index (χ1n) is 9.60. The zero-order valence-electron chi connectivity index (χ0n) is 15.6. The highest BCUT2D eigenvalue weighted by Gasteiger charge is 2.46. The van der Waals surface area contributed by atoms with Gasteiger partial charge in [0.2, 0.25) is 18.0 Å². The van der Waals surface area contributed by atoms with E-state index in [1.54, 1.807) is 24.3 Å². The van der Waals surface area contributed by atoms with Crippen molar-refractivity contribution in [2.45, 2.75) is 51.3 Å². The lowest BCUT2D eigenvalue weighted by Crippen LogP contribution is -2.46. The molecule has 2 heterocycles. The number of hydrogen-bond donors (Lipinski definition) is 1. The number of nitrogens with zero attached hydrogens (tertiary/aromatic N) is 1. The van der Waals surface area contributed by atoms with Crippen molar-refractivity contribution in [1.29, 1.82) is 0 Å². The summed E-state index contributed by atoms with van der Waals surface area (Å²) in [5.41, 5.74) is 1.09. The zero-order valence-corrected chi connectivity index (χ0v) is 15.6. The molecule has 2 aliphatic heterocycles. The molecule has 1 saturated heterocycles. The normalized spacial score (nSPS) is 21.3. The lowest BCUT2D eigenvalue weighted by atomic mass is 10.1. The Morgan fingerprint density at radius 2 is 2.04 bits per heavy atom. The van der Waals surface area contributed by atoms with E-state index in [1.807, 2.05) is 0 Å². The van der Waals surface area contributed by atoms with Gasteiger partial charge in [0.25, 0.3) is 0 Å². The van der Waals surface area contributed by atoms with Gasteiger partial charge in [0.1, 0.15) is 6.04 Å². The smallest absolute Gasteiger partial charge is 0.340 e. The number of likely N-dealkylation sites (tertiary alicyclic amines) is 1. The Kier molecular flexibility index (Phi) is 6.45. The number of carbonyl (C=O) groups excluding carboxylic acids is 3. The number of benzene rings is 1. The lowest BCUT2D eigenvalue weighted by Gasteiger charge is -2.29. The number of nitrogens with one attached hydrogen (secondary N) is 1. The first-order chi connectivity index (χ1) is 13.1. The maximum atomic E-state index is 12.6. The summed E-state index contributed by atoms with van der Waals surface area (Å²) in [5.74, 6) is -0.846. The number of amides is 2. The van der Waals surface area contributed by atoms with Crippen LogP contribution in [-0.2, 0) is 19.1 Å². The van der Waals surface area contributed by atoms with Crippen molar-refractivity contribution in [1.82, 2.24) is 10.2 Å². The van der Waals surface area contributed by atoms with Gasteiger partial charge >= 0.3 is 5.97 Å².